The number of phenolic OH excluding ortho intramolecular Hbond substituents is 1. The lowest BCUT2D eigenvalue weighted by atomic mass is 9.71. The smallest absolute Gasteiger partial charge is 0.311 e. The van der Waals surface area contributed by atoms with Gasteiger partial charge in [-0.25, -0.2) is 0 Å². The first-order chi connectivity index (χ1) is 18.7. The molecule has 0 heterocycles. The molecule has 1 N–H and O–H groups in total. The minimum absolute atomic E-state index is 0.0479. The fourth-order valence-electron chi connectivity index (χ4n) is 6.00. The number of benzene rings is 2. The summed E-state index contributed by atoms with van der Waals surface area (Å²) in [6, 6.07) is 5.99. The van der Waals surface area contributed by atoms with Crippen LogP contribution in [0.4, 0.5) is 0 Å². The number of ether oxygens (including phenoxy) is 1. The molecule has 39 heavy (non-hydrogen) atoms. The van der Waals surface area contributed by atoms with Gasteiger partial charge in [0.1, 0.15) is 0 Å². The monoisotopic (exact) mass is 536 g/mol. The van der Waals surface area contributed by atoms with E-state index in [9.17, 15) is 14.7 Å². The average Bonchev–Trinajstić information content (AvgIpc) is 2.90. The van der Waals surface area contributed by atoms with E-state index < -0.39 is 0 Å². The van der Waals surface area contributed by atoms with Crippen molar-refractivity contribution >= 4 is 22.5 Å². The summed E-state index contributed by atoms with van der Waals surface area (Å²) in [6.07, 6.45) is 17.9. The van der Waals surface area contributed by atoms with E-state index in [-0.39, 0.29) is 34.6 Å². The summed E-state index contributed by atoms with van der Waals surface area (Å²) in [6.45, 7) is 10.6. The number of carbonyl (C=O) groups is 2. The van der Waals surface area contributed by atoms with Crippen LogP contribution in [0.5, 0.6) is 11.5 Å². The minimum Gasteiger partial charge on any atom is -0.504 e. The van der Waals surface area contributed by atoms with Gasteiger partial charge in [0.2, 0.25) is 0 Å². The third kappa shape index (κ3) is 8.32. The van der Waals surface area contributed by atoms with Gasteiger partial charge in [-0.2, -0.15) is 0 Å². The van der Waals surface area contributed by atoms with Gasteiger partial charge in [-0.3, -0.25) is 9.59 Å². The second kappa shape index (κ2) is 14.9. The molecule has 0 radical (unpaired) electrons. The van der Waals surface area contributed by atoms with Crippen molar-refractivity contribution in [2.45, 2.75) is 149 Å². The molecule has 216 valence electrons. The quantitative estimate of drug-likeness (QED) is 0.132. The molecule has 2 aromatic carbocycles. The van der Waals surface area contributed by atoms with Crippen molar-refractivity contribution in [2.75, 3.05) is 0 Å². The van der Waals surface area contributed by atoms with Gasteiger partial charge in [0.05, 0.1) is 0 Å². The molecular weight excluding hydrogens is 484 g/mol. The predicted octanol–water partition coefficient (Wildman–Crippen LogP) is 10.3. The van der Waals surface area contributed by atoms with E-state index in [1.54, 1.807) is 0 Å². The Bertz CT molecular complexity index is 1110. The van der Waals surface area contributed by atoms with Crippen molar-refractivity contribution < 1.29 is 19.4 Å². The molecule has 0 fully saturated rings. The van der Waals surface area contributed by atoms with Crippen LogP contribution in [-0.2, 0) is 10.2 Å². The Hall–Kier alpha value is -2.36. The predicted molar refractivity (Wildman–Crippen MR) is 162 cm³/mol. The number of fused-ring (bicyclic) bond motifs is 3. The second-order valence-corrected chi connectivity index (χ2v) is 12.7. The Morgan fingerprint density at radius 1 is 0.923 bits per heavy atom. The summed E-state index contributed by atoms with van der Waals surface area (Å²) in [5.74, 6) is -0.0555. The van der Waals surface area contributed by atoms with Crippen LogP contribution < -0.4 is 4.74 Å². The van der Waals surface area contributed by atoms with E-state index in [0.717, 1.165) is 42.2 Å². The van der Waals surface area contributed by atoms with E-state index in [4.69, 9.17) is 4.74 Å². The molecule has 3 rings (SSSR count). The Morgan fingerprint density at radius 3 is 2.05 bits per heavy atom. The van der Waals surface area contributed by atoms with Crippen molar-refractivity contribution in [3.05, 3.63) is 34.9 Å². The molecule has 2 aromatic rings. The first-order valence-electron chi connectivity index (χ1n) is 15.7. The molecule has 1 aliphatic rings. The molecule has 0 atom stereocenters. The van der Waals surface area contributed by atoms with Gasteiger partial charge < -0.3 is 9.84 Å². The lowest BCUT2D eigenvalue weighted by molar-refractivity contribution is -0.134. The van der Waals surface area contributed by atoms with Crippen molar-refractivity contribution in [1.29, 1.82) is 0 Å². The Kier molecular flexibility index (Phi) is 11.9. The van der Waals surface area contributed by atoms with Crippen LogP contribution in [0.15, 0.2) is 18.2 Å². The molecule has 0 saturated heterocycles. The molecule has 4 nitrogen and oxygen atoms in total. The van der Waals surface area contributed by atoms with Crippen LogP contribution in [0.3, 0.4) is 0 Å². The van der Waals surface area contributed by atoms with Gasteiger partial charge >= 0.3 is 5.97 Å². The van der Waals surface area contributed by atoms with Gasteiger partial charge in [0.25, 0.3) is 0 Å². The third-order valence-corrected chi connectivity index (χ3v) is 8.57. The van der Waals surface area contributed by atoms with Crippen LogP contribution in [0.1, 0.15) is 165 Å². The maximum absolute atomic E-state index is 13.0. The van der Waals surface area contributed by atoms with Gasteiger partial charge in [0.15, 0.2) is 17.3 Å². The zero-order valence-electron chi connectivity index (χ0n) is 25.3. The van der Waals surface area contributed by atoms with Gasteiger partial charge in [-0.05, 0) is 41.2 Å². The number of rotatable bonds is 16. The van der Waals surface area contributed by atoms with E-state index >= 15 is 0 Å². The third-order valence-electron chi connectivity index (χ3n) is 8.57. The molecule has 0 spiro atoms. The number of aromatic hydroxyl groups is 1. The van der Waals surface area contributed by atoms with Gasteiger partial charge in [-0.15, -0.1) is 0 Å². The summed E-state index contributed by atoms with van der Waals surface area (Å²) in [5, 5.41) is 12.8. The highest BCUT2D eigenvalue weighted by Gasteiger charge is 2.34. The molecule has 0 amide bonds. The maximum Gasteiger partial charge on any atom is 0.311 e. The summed E-state index contributed by atoms with van der Waals surface area (Å²) in [5.41, 5.74) is 2.20. The largest absolute Gasteiger partial charge is 0.504 e. The first kappa shape index (κ1) is 31.2. The number of hydrogen-bond acceptors (Lipinski definition) is 4. The first-order valence-corrected chi connectivity index (χ1v) is 15.7. The standard InChI is InChI=1S/C35H52O4/c1-6-7-8-9-10-11-12-13-14-15-16-17-18-19-30(37)39-34-27(25(2)3)24-26-20-21-28-32(31(26)33(34)38)29(36)22-23-35(28,4)5/h20-21,24-25,38H,6-19,22-23H2,1-5H3. The summed E-state index contributed by atoms with van der Waals surface area (Å²) in [7, 11) is 0. The molecule has 0 unspecified atom stereocenters. The lowest BCUT2D eigenvalue weighted by Crippen LogP contribution is -2.27. The Balaban J connectivity index is 1.55. The Morgan fingerprint density at radius 2 is 1.49 bits per heavy atom. The normalized spacial score (nSPS) is 14.7. The van der Waals surface area contributed by atoms with E-state index in [0.29, 0.717) is 23.8 Å². The number of unbranched alkanes of at least 4 members (excludes halogenated alkanes) is 12. The fourth-order valence-corrected chi connectivity index (χ4v) is 6.00. The van der Waals surface area contributed by atoms with Crippen LogP contribution in [0.2, 0.25) is 0 Å². The van der Waals surface area contributed by atoms with E-state index in [1.165, 1.54) is 64.2 Å². The zero-order chi connectivity index (χ0) is 28.4. The highest BCUT2D eigenvalue weighted by molar-refractivity contribution is 6.13. The molecule has 4 heteroatoms. The van der Waals surface area contributed by atoms with Crippen molar-refractivity contribution in [1.82, 2.24) is 0 Å². The van der Waals surface area contributed by atoms with Crippen molar-refractivity contribution in [2.24, 2.45) is 0 Å². The summed E-state index contributed by atoms with van der Waals surface area (Å²) < 4.78 is 5.83. The van der Waals surface area contributed by atoms with Crippen molar-refractivity contribution in [3.63, 3.8) is 0 Å². The molecule has 0 bridgehead atoms. The zero-order valence-corrected chi connectivity index (χ0v) is 25.3. The van der Waals surface area contributed by atoms with Gasteiger partial charge in [0, 0.05) is 29.4 Å². The van der Waals surface area contributed by atoms with Crippen LogP contribution >= 0.6 is 0 Å². The Labute approximate surface area is 236 Å². The topological polar surface area (TPSA) is 63.6 Å². The van der Waals surface area contributed by atoms with Crippen LogP contribution in [0, 0.1) is 0 Å². The fraction of sp³-hybridized carbons (Fsp3) is 0.657. The minimum atomic E-state index is -0.314. The lowest BCUT2D eigenvalue weighted by Gasteiger charge is -2.33. The number of phenols is 1. The molecule has 0 aromatic heterocycles. The highest BCUT2D eigenvalue weighted by Crippen LogP contribution is 2.47. The number of ketones is 1. The summed E-state index contributed by atoms with van der Waals surface area (Å²) in [4.78, 5) is 25.9. The summed E-state index contributed by atoms with van der Waals surface area (Å²) >= 11 is 0. The number of esters is 1. The van der Waals surface area contributed by atoms with Crippen LogP contribution in [0.25, 0.3) is 10.8 Å². The number of Topliss-reactive ketones (excluding diaryl/α,β-unsaturated/α-hetero) is 1. The molecular formula is C35H52O4. The average molecular weight is 537 g/mol. The van der Waals surface area contributed by atoms with Gasteiger partial charge in [-0.1, -0.05) is 124 Å². The maximum atomic E-state index is 13.0. The number of hydrogen-bond donors (Lipinski definition) is 1. The van der Waals surface area contributed by atoms with E-state index in [1.807, 2.05) is 32.0 Å². The van der Waals surface area contributed by atoms with Crippen molar-refractivity contribution in [3.8, 4) is 11.5 Å². The second-order valence-electron chi connectivity index (χ2n) is 12.7. The van der Waals surface area contributed by atoms with Crippen LogP contribution in [-0.4, -0.2) is 16.9 Å². The molecule has 1 aliphatic carbocycles. The SMILES string of the molecule is CCCCCCCCCCCCCCCC(=O)Oc1c(C(C)C)cc2ccc3c(c2c1O)C(=O)CCC3(C)C. The molecule has 0 saturated carbocycles. The molecule has 0 aliphatic heterocycles. The highest BCUT2D eigenvalue weighted by atomic mass is 16.5. The number of carbonyl (C=O) groups excluding carboxylic acids is 2. The van der Waals surface area contributed by atoms with E-state index in [2.05, 4.69) is 20.8 Å².